The number of aliphatic imine (C=N–C) groups is 1. The number of benzene rings is 2. The van der Waals surface area contributed by atoms with Crippen molar-refractivity contribution in [2.45, 2.75) is 39.0 Å². The number of nitrogens with one attached hydrogen (secondary N) is 2. The molecule has 0 amide bonds. The van der Waals surface area contributed by atoms with Crippen LogP contribution in [0.4, 0.5) is 5.69 Å². The molecule has 1 heterocycles. The predicted octanol–water partition coefficient (Wildman–Crippen LogP) is 3.33. The maximum Gasteiger partial charge on any atom is 0.274 e. The second kappa shape index (κ2) is 10.6. The molecular formula is C22H28N4O4. The van der Waals surface area contributed by atoms with E-state index in [1.807, 2.05) is 25.1 Å². The number of para-hydroxylation sites is 1. The number of ether oxygens (including phenoxy) is 2. The molecule has 0 bridgehead atoms. The summed E-state index contributed by atoms with van der Waals surface area (Å²) >= 11 is 0. The van der Waals surface area contributed by atoms with Crippen LogP contribution in [0, 0.1) is 17.0 Å². The number of nitro benzene ring substituents is 1. The normalized spacial score (nSPS) is 16.3. The van der Waals surface area contributed by atoms with E-state index >= 15 is 0 Å². The summed E-state index contributed by atoms with van der Waals surface area (Å²) in [5.74, 6) is 1.38. The highest BCUT2D eigenvalue weighted by Crippen LogP contribution is 2.22. The van der Waals surface area contributed by atoms with Gasteiger partial charge in [-0.1, -0.05) is 30.3 Å². The Balaban J connectivity index is 1.59. The van der Waals surface area contributed by atoms with Gasteiger partial charge in [0.1, 0.15) is 12.4 Å². The minimum absolute atomic E-state index is 0.0869. The van der Waals surface area contributed by atoms with Gasteiger partial charge in [-0.05, 0) is 31.4 Å². The Kier molecular flexibility index (Phi) is 7.62. The molecule has 1 fully saturated rings. The molecule has 30 heavy (non-hydrogen) atoms. The van der Waals surface area contributed by atoms with Gasteiger partial charge in [-0.3, -0.25) is 15.1 Å². The van der Waals surface area contributed by atoms with Crippen LogP contribution >= 0.6 is 0 Å². The number of guanidine groups is 1. The monoisotopic (exact) mass is 412 g/mol. The Morgan fingerprint density at radius 3 is 2.70 bits per heavy atom. The van der Waals surface area contributed by atoms with Gasteiger partial charge in [0.05, 0.1) is 11.0 Å². The van der Waals surface area contributed by atoms with E-state index in [2.05, 4.69) is 15.6 Å². The number of aryl methyl sites for hydroxylation is 1. The van der Waals surface area contributed by atoms with E-state index in [1.165, 1.54) is 6.07 Å². The van der Waals surface area contributed by atoms with E-state index in [-0.39, 0.29) is 16.7 Å². The summed E-state index contributed by atoms with van der Waals surface area (Å²) in [6, 6.07) is 12.8. The van der Waals surface area contributed by atoms with Crippen molar-refractivity contribution in [3.8, 4) is 5.75 Å². The van der Waals surface area contributed by atoms with E-state index in [4.69, 9.17) is 9.47 Å². The number of hydrogen-bond donors (Lipinski definition) is 2. The molecule has 0 spiro atoms. The second-order valence-electron chi connectivity index (χ2n) is 7.22. The van der Waals surface area contributed by atoms with Crippen LogP contribution in [-0.4, -0.2) is 37.2 Å². The lowest BCUT2D eigenvalue weighted by Gasteiger charge is -2.17. The van der Waals surface area contributed by atoms with Gasteiger partial charge in [-0.2, -0.15) is 0 Å². The molecule has 2 aromatic rings. The van der Waals surface area contributed by atoms with Crippen molar-refractivity contribution < 1.29 is 14.4 Å². The first-order valence-corrected chi connectivity index (χ1v) is 10.1. The highest BCUT2D eigenvalue weighted by atomic mass is 16.6. The first-order chi connectivity index (χ1) is 14.6. The van der Waals surface area contributed by atoms with Gasteiger partial charge in [0.25, 0.3) is 5.69 Å². The van der Waals surface area contributed by atoms with Crippen LogP contribution in [0.5, 0.6) is 5.75 Å². The molecule has 1 aliphatic rings. The van der Waals surface area contributed by atoms with Crippen molar-refractivity contribution in [3.05, 3.63) is 69.3 Å². The van der Waals surface area contributed by atoms with Gasteiger partial charge in [0, 0.05) is 43.9 Å². The number of rotatable bonds is 8. The smallest absolute Gasteiger partial charge is 0.274 e. The summed E-state index contributed by atoms with van der Waals surface area (Å²) in [5.41, 5.74) is 2.82. The van der Waals surface area contributed by atoms with Gasteiger partial charge in [-0.15, -0.1) is 0 Å². The molecule has 2 aromatic carbocycles. The molecular weight excluding hydrogens is 384 g/mol. The molecule has 8 nitrogen and oxygen atoms in total. The molecule has 1 atom stereocenters. The third kappa shape index (κ3) is 5.93. The Labute approximate surface area is 176 Å². The SMILES string of the molecule is CN=C(NCc1ccc(C)cc1OCC1CCCO1)NCc1ccccc1[N+](=O)[O-]. The van der Waals surface area contributed by atoms with Gasteiger partial charge >= 0.3 is 0 Å². The highest BCUT2D eigenvalue weighted by Gasteiger charge is 2.17. The Morgan fingerprint density at radius 1 is 1.23 bits per heavy atom. The van der Waals surface area contributed by atoms with Gasteiger partial charge in [0.2, 0.25) is 0 Å². The van der Waals surface area contributed by atoms with E-state index < -0.39 is 0 Å². The zero-order valence-electron chi connectivity index (χ0n) is 17.4. The largest absolute Gasteiger partial charge is 0.491 e. The summed E-state index contributed by atoms with van der Waals surface area (Å²) in [4.78, 5) is 15.0. The molecule has 3 rings (SSSR count). The topological polar surface area (TPSA) is 98.0 Å². The van der Waals surface area contributed by atoms with Gasteiger partial charge in [-0.25, -0.2) is 0 Å². The molecule has 0 aromatic heterocycles. The molecule has 0 aliphatic carbocycles. The van der Waals surface area contributed by atoms with E-state index in [9.17, 15) is 10.1 Å². The first kappa shape index (κ1) is 21.6. The minimum Gasteiger partial charge on any atom is -0.491 e. The average Bonchev–Trinajstić information content (AvgIpc) is 3.27. The lowest BCUT2D eigenvalue weighted by atomic mass is 10.1. The summed E-state index contributed by atoms with van der Waals surface area (Å²) < 4.78 is 11.7. The van der Waals surface area contributed by atoms with Crippen molar-refractivity contribution in [1.82, 2.24) is 10.6 Å². The van der Waals surface area contributed by atoms with Crippen LogP contribution in [0.1, 0.15) is 29.5 Å². The van der Waals surface area contributed by atoms with Crippen molar-refractivity contribution in [3.63, 3.8) is 0 Å². The fraction of sp³-hybridized carbons (Fsp3) is 0.409. The van der Waals surface area contributed by atoms with Gasteiger partial charge in [0.15, 0.2) is 5.96 Å². The van der Waals surface area contributed by atoms with Crippen LogP contribution in [0.25, 0.3) is 0 Å². The predicted molar refractivity (Wildman–Crippen MR) is 116 cm³/mol. The van der Waals surface area contributed by atoms with Crippen LogP contribution in [0.15, 0.2) is 47.5 Å². The van der Waals surface area contributed by atoms with E-state index in [0.717, 1.165) is 36.3 Å². The van der Waals surface area contributed by atoms with Crippen LogP contribution in [0.2, 0.25) is 0 Å². The zero-order chi connectivity index (χ0) is 21.3. The highest BCUT2D eigenvalue weighted by molar-refractivity contribution is 5.79. The van der Waals surface area contributed by atoms with Crippen LogP contribution < -0.4 is 15.4 Å². The van der Waals surface area contributed by atoms with Crippen LogP contribution in [0.3, 0.4) is 0 Å². The quantitative estimate of drug-likeness (QED) is 0.299. The lowest BCUT2D eigenvalue weighted by Crippen LogP contribution is -2.36. The Bertz CT molecular complexity index is 894. The molecule has 8 heteroatoms. The summed E-state index contributed by atoms with van der Waals surface area (Å²) in [6.07, 6.45) is 2.27. The fourth-order valence-corrected chi connectivity index (χ4v) is 3.32. The van der Waals surface area contributed by atoms with E-state index in [0.29, 0.717) is 31.2 Å². The third-order valence-corrected chi connectivity index (χ3v) is 4.98. The third-order valence-electron chi connectivity index (χ3n) is 4.98. The van der Waals surface area contributed by atoms with E-state index in [1.54, 1.807) is 25.2 Å². The fourth-order valence-electron chi connectivity index (χ4n) is 3.32. The molecule has 0 radical (unpaired) electrons. The molecule has 1 saturated heterocycles. The maximum absolute atomic E-state index is 11.2. The first-order valence-electron chi connectivity index (χ1n) is 10.1. The summed E-state index contributed by atoms with van der Waals surface area (Å²) in [5, 5.41) is 17.6. The molecule has 2 N–H and O–H groups in total. The average molecular weight is 412 g/mol. The molecule has 0 saturated carbocycles. The molecule has 1 unspecified atom stereocenters. The van der Waals surface area contributed by atoms with Gasteiger partial charge < -0.3 is 20.1 Å². The van der Waals surface area contributed by atoms with Crippen molar-refractivity contribution in [1.29, 1.82) is 0 Å². The molecule has 160 valence electrons. The zero-order valence-corrected chi connectivity index (χ0v) is 17.4. The Hall–Kier alpha value is -3.13. The standard InChI is InChI=1S/C22H28N4O4/c1-16-9-10-18(21(12-16)30-15-19-7-5-11-29-19)14-25-22(23-2)24-13-17-6-3-4-8-20(17)26(27)28/h3-4,6,8-10,12,19H,5,7,11,13-15H2,1-2H3,(H2,23,24,25). The Morgan fingerprint density at radius 2 is 2.00 bits per heavy atom. The lowest BCUT2D eigenvalue weighted by molar-refractivity contribution is -0.385. The number of nitrogens with zero attached hydrogens (tertiary/aromatic N) is 2. The number of nitro groups is 1. The minimum atomic E-state index is -0.378. The number of hydrogen-bond acceptors (Lipinski definition) is 5. The van der Waals surface area contributed by atoms with Crippen molar-refractivity contribution in [2.24, 2.45) is 4.99 Å². The second-order valence-corrected chi connectivity index (χ2v) is 7.22. The summed E-state index contributed by atoms with van der Waals surface area (Å²) in [6.45, 7) is 4.19. The maximum atomic E-state index is 11.2. The van der Waals surface area contributed by atoms with Crippen LogP contribution in [-0.2, 0) is 17.8 Å². The summed E-state index contributed by atoms with van der Waals surface area (Å²) in [7, 11) is 1.67. The van der Waals surface area contributed by atoms with Crippen molar-refractivity contribution >= 4 is 11.6 Å². The van der Waals surface area contributed by atoms with Crippen molar-refractivity contribution in [2.75, 3.05) is 20.3 Å². The molecule has 1 aliphatic heterocycles.